The van der Waals surface area contributed by atoms with Crippen molar-refractivity contribution in [3.63, 3.8) is 0 Å². The Morgan fingerprint density at radius 2 is 2.07 bits per heavy atom. The van der Waals surface area contributed by atoms with Crippen molar-refractivity contribution in [1.82, 2.24) is 5.32 Å². The van der Waals surface area contributed by atoms with Crippen molar-refractivity contribution in [3.8, 4) is 5.75 Å². The third-order valence-corrected chi connectivity index (χ3v) is 3.24. The van der Waals surface area contributed by atoms with Gasteiger partial charge in [-0.3, -0.25) is 0 Å². The molecule has 0 spiro atoms. The summed E-state index contributed by atoms with van der Waals surface area (Å²) in [6.45, 7) is 0. The Hall–Kier alpha value is -1.09. The number of hydrogen-bond acceptors (Lipinski definition) is 2. The molecule has 82 valence electrons. The van der Waals surface area contributed by atoms with Crippen molar-refractivity contribution in [2.24, 2.45) is 0 Å². The topological polar surface area (TPSA) is 21.3 Å². The minimum Gasteiger partial charge on any atom is -0.496 e. The van der Waals surface area contributed by atoms with E-state index in [4.69, 9.17) is 4.74 Å². The first-order valence-corrected chi connectivity index (χ1v) is 5.18. The summed E-state index contributed by atoms with van der Waals surface area (Å²) in [7, 11) is 3.52. The third-order valence-electron chi connectivity index (χ3n) is 3.24. The van der Waals surface area contributed by atoms with E-state index in [0.717, 1.165) is 11.3 Å². The monoisotopic (exact) mass is 209 g/mol. The molecule has 1 aliphatic rings. The largest absolute Gasteiger partial charge is 0.496 e. The molecular weight excluding hydrogens is 193 g/mol. The Kier molecular flexibility index (Phi) is 2.65. The van der Waals surface area contributed by atoms with Gasteiger partial charge in [0.15, 0.2) is 0 Å². The fourth-order valence-electron chi connectivity index (χ4n) is 2.30. The van der Waals surface area contributed by atoms with E-state index in [2.05, 4.69) is 5.32 Å². The van der Waals surface area contributed by atoms with E-state index in [1.807, 2.05) is 31.3 Å². The van der Waals surface area contributed by atoms with Gasteiger partial charge in [-0.05, 0) is 13.1 Å². The van der Waals surface area contributed by atoms with Gasteiger partial charge in [-0.15, -0.1) is 0 Å². The maximum Gasteiger partial charge on any atom is 0.123 e. The van der Waals surface area contributed by atoms with Gasteiger partial charge in [-0.25, -0.2) is 4.39 Å². The van der Waals surface area contributed by atoms with Crippen molar-refractivity contribution in [1.29, 1.82) is 0 Å². The Morgan fingerprint density at radius 3 is 2.60 bits per heavy atom. The number of methoxy groups -OCH3 is 1. The molecule has 1 saturated carbocycles. The maximum absolute atomic E-state index is 13.0. The first kappa shape index (κ1) is 10.4. The van der Waals surface area contributed by atoms with Crippen LogP contribution < -0.4 is 10.1 Å². The molecule has 0 aromatic heterocycles. The lowest BCUT2D eigenvalue weighted by atomic mass is 9.70. The van der Waals surface area contributed by atoms with E-state index in [1.54, 1.807) is 7.11 Å². The summed E-state index contributed by atoms with van der Waals surface area (Å²) >= 11 is 0. The summed E-state index contributed by atoms with van der Waals surface area (Å²) in [5.41, 5.74) is 0.829. The first-order valence-electron chi connectivity index (χ1n) is 5.18. The van der Waals surface area contributed by atoms with Gasteiger partial charge in [0.05, 0.1) is 12.6 Å². The minimum atomic E-state index is -0.692. The maximum atomic E-state index is 13.0. The molecule has 0 atom stereocenters. The van der Waals surface area contributed by atoms with Crippen LogP contribution in [0.4, 0.5) is 4.39 Å². The van der Waals surface area contributed by atoms with E-state index >= 15 is 0 Å². The van der Waals surface area contributed by atoms with E-state index in [-0.39, 0.29) is 5.54 Å². The second kappa shape index (κ2) is 3.81. The number of halogens is 1. The molecule has 1 N–H and O–H groups in total. The summed E-state index contributed by atoms with van der Waals surface area (Å²) in [4.78, 5) is 0. The summed E-state index contributed by atoms with van der Waals surface area (Å²) in [6, 6.07) is 7.81. The molecule has 1 aliphatic carbocycles. The smallest absolute Gasteiger partial charge is 0.123 e. The van der Waals surface area contributed by atoms with Crippen molar-refractivity contribution >= 4 is 0 Å². The minimum absolute atomic E-state index is 0.230. The van der Waals surface area contributed by atoms with Gasteiger partial charge in [0.2, 0.25) is 0 Å². The Bertz CT molecular complexity index is 347. The number of nitrogens with one attached hydrogen (secondary N) is 1. The molecule has 2 rings (SSSR count). The Labute approximate surface area is 89.4 Å². The molecule has 0 unspecified atom stereocenters. The fraction of sp³-hybridized carbons (Fsp3) is 0.500. The van der Waals surface area contributed by atoms with Gasteiger partial charge >= 0.3 is 0 Å². The number of para-hydroxylation sites is 1. The van der Waals surface area contributed by atoms with Gasteiger partial charge in [-0.1, -0.05) is 18.2 Å². The van der Waals surface area contributed by atoms with E-state index in [0.29, 0.717) is 12.8 Å². The molecule has 0 amide bonds. The second-order valence-electron chi connectivity index (χ2n) is 4.04. The molecule has 3 heteroatoms. The Balaban J connectivity index is 2.35. The fourth-order valence-corrected chi connectivity index (χ4v) is 2.30. The zero-order valence-corrected chi connectivity index (χ0v) is 9.09. The lowest BCUT2D eigenvalue weighted by Gasteiger charge is -2.45. The average Bonchev–Trinajstić information content (AvgIpc) is 2.24. The zero-order valence-electron chi connectivity index (χ0n) is 9.09. The van der Waals surface area contributed by atoms with Gasteiger partial charge in [0.1, 0.15) is 11.9 Å². The lowest BCUT2D eigenvalue weighted by Crippen LogP contribution is -2.52. The van der Waals surface area contributed by atoms with Gasteiger partial charge in [0, 0.05) is 18.4 Å². The van der Waals surface area contributed by atoms with Crippen LogP contribution in [-0.2, 0) is 5.54 Å². The number of hydrogen-bond donors (Lipinski definition) is 1. The Morgan fingerprint density at radius 1 is 1.40 bits per heavy atom. The highest BCUT2D eigenvalue weighted by molar-refractivity contribution is 5.41. The van der Waals surface area contributed by atoms with Gasteiger partial charge < -0.3 is 10.1 Å². The number of alkyl halides is 1. The highest BCUT2D eigenvalue weighted by Gasteiger charge is 2.46. The molecule has 1 aromatic rings. The van der Waals surface area contributed by atoms with Crippen molar-refractivity contribution in [3.05, 3.63) is 29.8 Å². The summed E-state index contributed by atoms with van der Waals surface area (Å²) in [5.74, 6) is 0.832. The van der Waals surface area contributed by atoms with E-state index in [1.165, 1.54) is 0 Å². The molecular formula is C12H16FNO. The van der Waals surface area contributed by atoms with Crippen molar-refractivity contribution in [2.45, 2.75) is 24.6 Å². The number of ether oxygens (including phenoxy) is 1. The predicted octanol–water partition coefficient (Wildman–Crippen LogP) is 2.24. The lowest BCUT2D eigenvalue weighted by molar-refractivity contribution is 0.0697. The number of rotatable bonds is 3. The quantitative estimate of drug-likeness (QED) is 0.824. The van der Waals surface area contributed by atoms with Crippen LogP contribution in [0.2, 0.25) is 0 Å². The highest BCUT2D eigenvalue weighted by Crippen LogP contribution is 2.45. The normalized spacial score (nSPS) is 29.7. The first-order chi connectivity index (χ1) is 7.22. The van der Waals surface area contributed by atoms with Crippen LogP contribution in [0, 0.1) is 0 Å². The molecule has 0 bridgehead atoms. The summed E-state index contributed by atoms with van der Waals surface area (Å²) in [5, 5.41) is 3.22. The van der Waals surface area contributed by atoms with Crippen molar-refractivity contribution < 1.29 is 9.13 Å². The van der Waals surface area contributed by atoms with Crippen LogP contribution in [0.15, 0.2) is 24.3 Å². The van der Waals surface area contributed by atoms with Crippen LogP contribution in [-0.4, -0.2) is 20.3 Å². The molecule has 1 aromatic carbocycles. The number of benzene rings is 1. The van der Waals surface area contributed by atoms with Gasteiger partial charge in [0.25, 0.3) is 0 Å². The average molecular weight is 209 g/mol. The third kappa shape index (κ3) is 1.61. The molecule has 2 nitrogen and oxygen atoms in total. The van der Waals surface area contributed by atoms with Crippen molar-refractivity contribution in [2.75, 3.05) is 14.2 Å². The van der Waals surface area contributed by atoms with Crippen LogP contribution in [0.1, 0.15) is 18.4 Å². The molecule has 0 aliphatic heterocycles. The second-order valence-corrected chi connectivity index (χ2v) is 4.04. The molecule has 0 heterocycles. The molecule has 1 fully saturated rings. The van der Waals surface area contributed by atoms with Crippen LogP contribution in [0.3, 0.4) is 0 Å². The van der Waals surface area contributed by atoms with E-state index in [9.17, 15) is 4.39 Å². The zero-order chi connectivity index (χ0) is 10.9. The molecule has 0 saturated heterocycles. The standard InChI is InChI=1S/C12H16FNO/c1-14-12(7-9(13)8-12)10-5-3-4-6-11(10)15-2/h3-6,9,14H,7-8H2,1-2H3. The van der Waals surface area contributed by atoms with E-state index < -0.39 is 6.17 Å². The highest BCUT2D eigenvalue weighted by atomic mass is 19.1. The summed E-state index contributed by atoms with van der Waals surface area (Å²) < 4.78 is 18.3. The van der Waals surface area contributed by atoms with Crippen LogP contribution in [0.5, 0.6) is 5.75 Å². The molecule has 0 radical (unpaired) electrons. The predicted molar refractivity (Wildman–Crippen MR) is 57.9 cm³/mol. The van der Waals surface area contributed by atoms with Crippen LogP contribution in [0.25, 0.3) is 0 Å². The van der Waals surface area contributed by atoms with Gasteiger partial charge in [-0.2, -0.15) is 0 Å². The van der Waals surface area contributed by atoms with Crippen LogP contribution >= 0.6 is 0 Å². The summed E-state index contributed by atoms with van der Waals surface area (Å²) in [6.07, 6.45) is 0.371. The SMILES string of the molecule is CNC1(c2ccccc2OC)CC(F)C1. The molecule has 15 heavy (non-hydrogen) atoms.